The van der Waals surface area contributed by atoms with Gasteiger partial charge in [-0.05, 0) is 113 Å². The van der Waals surface area contributed by atoms with E-state index >= 15 is 0 Å². The van der Waals surface area contributed by atoms with Crippen LogP contribution in [0.5, 0.6) is 34.5 Å². The van der Waals surface area contributed by atoms with Gasteiger partial charge in [-0.3, -0.25) is 4.79 Å². The maximum absolute atomic E-state index is 12.2. The van der Waals surface area contributed by atoms with Crippen LogP contribution in [0.4, 0.5) is 0 Å². The van der Waals surface area contributed by atoms with Crippen LogP contribution in [0.25, 0.3) is 0 Å². The number of sulfonamides is 2. The summed E-state index contributed by atoms with van der Waals surface area (Å²) in [5, 5.41) is 16.7. The van der Waals surface area contributed by atoms with Crippen molar-refractivity contribution in [1.29, 1.82) is 0 Å². The third-order valence-corrected chi connectivity index (χ3v) is 10.8. The number of carbonyl (C=O) groups excluding carboxylic acids is 1. The topological polar surface area (TPSA) is 226 Å². The maximum Gasteiger partial charge on any atom is 0.258 e. The van der Waals surface area contributed by atoms with Crippen molar-refractivity contribution in [2.75, 3.05) is 60.4 Å². The lowest BCUT2D eigenvalue weighted by Crippen LogP contribution is -2.37. The van der Waals surface area contributed by atoms with Crippen molar-refractivity contribution in [3.8, 4) is 34.5 Å². The first-order valence-electron chi connectivity index (χ1n) is 20.3. The standard InChI is InChI=1S/C20H26N2O6S.C20H28N2O5S.C4H8O.ClH/c1-4-27-16-7-5-6-8-17(16)28-13-20(23)22-14(2)11-15-9-10-18(26-3)19(12-15)29(21,24)25;1-4-26-17-7-5-6-8-18(17)27-12-11-22-15(2)13-16-9-10-19(25-3)20(14-16)28(21,23)24;1-2-4-5-3-1;/h5-10,12,14H,4,11,13H2,1-3H3,(H,22,23)(H2,21,24,25);5-10,14-15,22H,4,11-13H2,1-3H3,(H2,21,23,24);1-4H2;1H/t14-;15-;;/m11../s1. The number of amides is 1. The quantitative estimate of drug-likeness (QED) is 0.0766. The van der Waals surface area contributed by atoms with Crippen LogP contribution in [0.15, 0.2) is 94.7 Å². The van der Waals surface area contributed by atoms with Gasteiger partial charge >= 0.3 is 0 Å². The van der Waals surface area contributed by atoms with Crippen molar-refractivity contribution in [3.63, 3.8) is 0 Å². The van der Waals surface area contributed by atoms with Crippen LogP contribution in [-0.4, -0.2) is 95.2 Å². The summed E-state index contributed by atoms with van der Waals surface area (Å²) < 4.78 is 84.3. The monoisotopic (exact) mass is 938 g/mol. The fraction of sp³-hybridized carbons (Fsp3) is 0.432. The minimum Gasteiger partial charge on any atom is -0.495 e. The van der Waals surface area contributed by atoms with Gasteiger partial charge in [-0.15, -0.1) is 12.4 Å². The second-order valence-corrected chi connectivity index (χ2v) is 17.1. The average molecular weight is 940 g/mol. The number of rotatable bonds is 21. The predicted octanol–water partition coefficient (Wildman–Crippen LogP) is 5.43. The molecule has 0 unspecified atom stereocenters. The Hall–Kier alpha value is -4.82. The lowest BCUT2D eigenvalue weighted by atomic mass is 10.1. The van der Waals surface area contributed by atoms with Gasteiger partial charge in [-0.1, -0.05) is 36.4 Å². The Kier molecular flexibility index (Phi) is 24.2. The van der Waals surface area contributed by atoms with Crippen molar-refractivity contribution >= 4 is 38.4 Å². The molecule has 1 heterocycles. The van der Waals surface area contributed by atoms with E-state index in [0.29, 0.717) is 62.0 Å². The highest BCUT2D eigenvalue weighted by Crippen LogP contribution is 2.28. The highest BCUT2D eigenvalue weighted by atomic mass is 35.5. The molecule has 1 saturated heterocycles. The van der Waals surface area contributed by atoms with Gasteiger partial charge in [0.1, 0.15) is 27.9 Å². The number of methoxy groups -OCH3 is 2. The number of nitrogens with two attached hydrogens (primary N) is 2. The van der Waals surface area contributed by atoms with Crippen molar-refractivity contribution in [2.45, 2.75) is 75.3 Å². The Morgan fingerprint density at radius 3 is 1.48 bits per heavy atom. The van der Waals surface area contributed by atoms with Crippen LogP contribution in [0.1, 0.15) is 51.7 Å². The number of hydrogen-bond donors (Lipinski definition) is 4. The van der Waals surface area contributed by atoms with Gasteiger partial charge in [-0.25, -0.2) is 27.1 Å². The highest BCUT2D eigenvalue weighted by molar-refractivity contribution is 7.89. The summed E-state index contributed by atoms with van der Waals surface area (Å²) in [6.07, 6.45) is 3.61. The number of carbonyl (C=O) groups is 1. The van der Waals surface area contributed by atoms with E-state index in [2.05, 4.69) is 10.6 Å². The average Bonchev–Trinajstić information content (AvgIpc) is 3.83. The molecule has 1 amide bonds. The normalized spacial score (nSPS) is 13.0. The Bertz CT molecular complexity index is 2200. The lowest BCUT2D eigenvalue weighted by molar-refractivity contribution is -0.123. The molecule has 0 spiro atoms. The second-order valence-electron chi connectivity index (χ2n) is 14.0. The number of benzene rings is 4. The fourth-order valence-electron chi connectivity index (χ4n) is 6.10. The summed E-state index contributed by atoms with van der Waals surface area (Å²) >= 11 is 0. The number of nitrogens with one attached hydrogen (secondary N) is 2. The van der Waals surface area contributed by atoms with E-state index in [9.17, 15) is 21.6 Å². The Labute approximate surface area is 378 Å². The summed E-state index contributed by atoms with van der Waals surface area (Å²) in [4.78, 5) is 12.1. The minimum atomic E-state index is -3.92. The first kappa shape index (κ1) is 54.3. The van der Waals surface area contributed by atoms with E-state index in [1.807, 2.05) is 64.1 Å². The maximum atomic E-state index is 12.2. The number of halogens is 1. The van der Waals surface area contributed by atoms with E-state index in [0.717, 1.165) is 24.5 Å². The zero-order valence-corrected chi connectivity index (χ0v) is 39.2. The zero-order chi connectivity index (χ0) is 45.5. The van der Waals surface area contributed by atoms with Crippen molar-refractivity contribution in [2.24, 2.45) is 10.3 Å². The number of hydrogen-bond acceptors (Lipinski definition) is 13. The molecule has 19 heteroatoms. The van der Waals surface area contributed by atoms with Crippen LogP contribution in [0.3, 0.4) is 0 Å². The summed E-state index contributed by atoms with van der Waals surface area (Å²) in [5.74, 6) is 2.62. The highest BCUT2D eigenvalue weighted by Gasteiger charge is 2.19. The fourth-order valence-corrected chi connectivity index (χ4v) is 7.59. The molecule has 0 radical (unpaired) electrons. The summed E-state index contributed by atoms with van der Waals surface area (Å²) in [6.45, 7) is 11.7. The molecule has 16 nitrogen and oxygen atoms in total. The summed E-state index contributed by atoms with van der Waals surface area (Å²) in [5.41, 5.74) is 1.55. The van der Waals surface area contributed by atoms with Gasteiger partial charge in [0.15, 0.2) is 29.6 Å². The van der Waals surface area contributed by atoms with Crippen molar-refractivity contribution in [1.82, 2.24) is 10.6 Å². The molecule has 0 bridgehead atoms. The second kappa shape index (κ2) is 28.1. The first-order valence-corrected chi connectivity index (χ1v) is 23.4. The van der Waals surface area contributed by atoms with Gasteiger partial charge in [0.05, 0.1) is 27.4 Å². The minimum absolute atomic E-state index is 0. The zero-order valence-electron chi connectivity index (χ0n) is 36.8. The Balaban J connectivity index is 0.000000383. The summed E-state index contributed by atoms with van der Waals surface area (Å²) in [7, 11) is -4.98. The largest absolute Gasteiger partial charge is 0.495 e. The molecule has 2 atom stereocenters. The van der Waals surface area contributed by atoms with Crippen LogP contribution in [0.2, 0.25) is 0 Å². The molecule has 0 aromatic heterocycles. The SMILES string of the molecule is C1CCOC1.CCOc1ccccc1OCC(=O)N[C@H](C)Cc1ccc(OC)c(S(N)(=O)=O)c1.CCOc1ccccc1OCCN[C@H](C)Cc1ccc(OC)c(S(N)(=O)=O)c1.Cl. The molecule has 1 aliphatic rings. The molecule has 5 rings (SSSR count). The predicted molar refractivity (Wildman–Crippen MR) is 245 cm³/mol. The van der Waals surface area contributed by atoms with Crippen molar-refractivity contribution in [3.05, 3.63) is 96.1 Å². The van der Waals surface area contributed by atoms with Gasteiger partial charge in [-0.2, -0.15) is 0 Å². The van der Waals surface area contributed by atoms with E-state index in [4.69, 9.17) is 43.4 Å². The first-order chi connectivity index (χ1) is 29.6. The van der Waals surface area contributed by atoms with Gasteiger partial charge < -0.3 is 43.8 Å². The molecule has 1 aliphatic heterocycles. The lowest BCUT2D eigenvalue weighted by Gasteiger charge is -2.16. The Morgan fingerprint density at radius 2 is 1.08 bits per heavy atom. The smallest absolute Gasteiger partial charge is 0.258 e. The number of para-hydroxylation sites is 4. The van der Waals surface area contributed by atoms with Crippen LogP contribution >= 0.6 is 12.4 Å². The van der Waals surface area contributed by atoms with E-state index in [1.165, 1.54) is 39.2 Å². The Morgan fingerprint density at radius 1 is 0.651 bits per heavy atom. The van der Waals surface area contributed by atoms with Crippen molar-refractivity contribution < 1.29 is 54.8 Å². The molecule has 4 aromatic carbocycles. The van der Waals surface area contributed by atoms with Crippen LogP contribution in [-0.2, 0) is 42.4 Å². The van der Waals surface area contributed by atoms with E-state index in [1.54, 1.807) is 36.4 Å². The number of ether oxygens (including phenoxy) is 7. The molecule has 6 N–H and O–H groups in total. The van der Waals surface area contributed by atoms with E-state index in [-0.39, 0.29) is 58.3 Å². The summed E-state index contributed by atoms with van der Waals surface area (Å²) in [6, 6.07) is 24.3. The molecule has 63 heavy (non-hydrogen) atoms. The number of primary sulfonamides is 2. The third kappa shape index (κ3) is 19.6. The molecule has 350 valence electrons. The molecular weight excluding hydrogens is 876 g/mol. The van der Waals surface area contributed by atoms with Gasteiger partial charge in [0.2, 0.25) is 20.0 Å². The van der Waals surface area contributed by atoms with Crippen LogP contribution in [0, 0.1) is 0 Å². The third-order valence-electron chi connectivity index (χ3n) is 8.90. The molecule has 1 fully saturated rings. The van der Waals surface area contributed by atoms with Gasteiger partial charge in [0, 0.05) is 31.8 Å². The van der Waals surface area contributed by atoms with E-state index < -0.39 is 20.0 Å². The molecular formula is C44H63ClN4O12S2. The molecule has 4 aromatic rings. The van der Waals surface area contributed by atoms with Gasteiger partial charge in [0.25, 0.3) is 5.91 Å². The molecule has 0 aliphatic carbocycles. The van der Waals surface area contributed by atoms with Crippen LogP contribution < -0.4 is 49.3 Å². The molecule has 0 saturated carbocycles.